The van der Waals surface area contributed by atoms with Gasteiger partial charge in [0.1, 0.15) is 5.60 Å². The third-order valence-electron chi connectivity index (χ3n) is 3.19. The molecule has 0 bridgehead atoms. The predicted octanol–water partition coefficient (Wildman–Crippen LogP) is 3.61. The number of hydrogen-bond acceptors (Lipinski definition) is 3. The van der Waals surface area contributed by atoms with Gasteiger partial charge >= 0.3 is 6.09 Å². The van der Waals surface area contributed by atoms with Gasteiger partial charge in [0.15, 0.2) is 0 Å². The average molecular weight is 281 g/mol. The van der Waals surface area contributed by atoms with Crippen LogP contribution in [0.3, 0.4) is 0 Å². The standard InChI is InChI=1S/C15H27N3O2/c1-8-11(2)18-10-16-9-12(18)15(6,7)17-13(19)20-14(3,4)5/h9-11H,8H2,1-7H3,(H,17,19). The fourth-order valence-corrected chi connectivity index (χ4v) is 1.96. The number of carbonyl (C=O) groups excluding carboxylic acids is 1. The fourth-order valence-electron chi connectivity index (χ4n) is 1.96. The molecule has 1 N–H and O–H groups in total. The zero-order valence-corrected chi connectivity index (χ0v) is 13.7. The van der Waals surface area contributed by atoms with Gasteiger partial charge in [0, 0.05) is 6.04 Å². The SMILES string of the molecule is CCC(C)n1cncc1C(C)(C)NC(=O)OC(C)(C)C. The molecule has 0 spiro atoms. The molecule has 0 saturated heterocycles. The van der Waals surface area contributed by atoms with Crippen LogP contribution in [-0.2, 0) is 10.3 Å². The van der Waals surface area contributed by atoms with Gasteiger partial charge in [0.2, 0.25) is 0 Å². The minimum Gasteiger partial charge on any atom is -0.444 e. The highest BCUT2D eigenvalue weighted by Crippen LogP contribution is 2.24. The lowest BCUT2D eigenvalue weighted by Crippen LogP contribution is -2.45. The van der Waals surface area contributed by atoms with E-state index in [0.29, 0.717) is 6.04 Å². The zero-order valence-electron chi connectivity index (χ0n) is 13.7. The van der Waals surface area contributed by atoms with Crippen molar-refractivity contribution in [1.29, 1.82) is 0 Å². The minimum absolute atomic E-state index is 0.340. The van der Waals surface area contributed by atoms with Crippen LogP contribution in [-0.4, -0.2) is 21.2 Å². The van der Waals surface area contributed by atoms with Crippen molar-refractivity contribution in [3.63, 3.8) is 0 Å². The molecular formula is C15H27N3O2. The summed E-state index contributed by atoms with van der Waals surface area (Å²) in [5, 5.41) is 2.91. The maximum Gasteiger partial charge on any atom is 0.408 e. The molecule has 1 amide bonds. The molecule has 0 aliphatic heterocycles. The van der Waals surface area contributed by atoms with Crippen molar-refractivity contribution < 1.29 is 9.53 Å². The summed E-state index contributed by atoms with van der Waals surface area (Å²) in [4.78, 5) is 16.2. The first-order valence-corrected chi connectivity index (χ1v) is 7.10. The highest BCUT2D eigenvalue weighted by atomic mass is 16.6. The van der Waals surface area contributed by atoms with Crippen molar-refractivity contribution in [1.82, 2.24) is 14.9 Å². The van der Waals surface area contributed by atoms with E-state index in [0.717, 1.165) is 12.1 Å². The van der Waals surface area contributed by atoms with Crippen molar-refractivity contribution in [2.45, 2.75) is 72.1 Å². The van der Waals surface area contributed by atoms with E-state index in [4.69, 9.17) is 4.74 Å². The molecule has 0 aliphatic rings. The lowest BCUT2D eigenvalue weighted by Gasteiger charge is -2.30. The molecule has 1 rings (SSSR count). The number of alkyl carbamates (subject to hydrolysis) is 1. The predicted molar refractivity (Wildman–Crippen MR) is 79.6 cm³/mol. The highest BCUT2D eigenvalue weighted by Gasteiger charge is 2.29. The molecular weight excluding hydrogens is 254 g/mol. The summed E-state index contributed by atoms with van der Waals surface area (Å²) >= 11 is 0. The second kappa shape index (κ2) is 5.85. The molecule has 0 saturated carbocycles. The second-order valence-corrected chi connectivity index (χ2v) is 6.70. The third kappa shape index (κ3) is 4.25. The second-order valence-electron chi connectivity index (χ2n) is 6.70. The van der Waals surface area contributed by atoms with Crippen LogP contribution < -0.4 is 5.32 Å². The molecule has 1 unspecified atom stereocenters. The van der Waals surface area contributed by atoms with Gasteiger partial charge in [-0.25, -0.2) is 9.78 Å². The van der Waals surface area contributed by atoms with E-state index >= 15 is 0 Å². The lowest BCUT2D eigenvalue weighted by atomic mass is 10.0. The van der Waals surface area contributed by atoms with Crippen molar-refractivity contribution >= 4 is 6.09 Å². The van der Waals surface area contributed by atoms with Gasteiger partial charge in [-0.2, -0.15) is 0 Å². The summed E-state index contributed by atoms with van der Waals surface area (Å²) in [6.45, 7) is 13.7. The van der Waals surface area contributed by atoms with Gasteiger partial charge < -0.3 is 14.6 Å². The number of ether oxygens (including phenoxy) is 1. The van der Waals surface area contributed by atoms with Crippen LogP contribution >= 0.6 is 0 Å². The molecule has 0 fully saturated rings. The van der Waals surface area contributed by atoms with E-state index < -0.39 is 17.2 Å². The van der Waals surface area contributed by atoms with E-state index in [1.807, 2.05) is 40.9 Å². The number of hydrogen-bond donors (Lipinski definition) is 1. The fraction of sp³-hybridized carbons (Fsp3) is 0.733. The molecule has 20 heavy (non-hydrogen) atoms. The molecule has 114 valence electrons. The summed E-state index contributed by atoms with van der Waals surface area (Å²) < 4.78 is 7.41. The Balaban J connectivity index is 2.89. The Kier molecular flexibility index (Phi) is 4.84. The van der Waals surface area contributed by atoms with Gasteiger partial charge in [-0.3, -0.25) is 0 Å². The van der Waals surface area contributed by atoms with Gasteiger partial charge in [-0.15, -0.1) is 0 Å². The Bertz CT molecular complexity index is 458. The van der Waals surface area contributed by atoms with E-state index in [1.165, 1.54) is 0 Å². The summed E-state index contributed by atoms with van der Waals surface area (Å²) in [6, 6.07) is 0.340. The number of carbonyl (C=O) groups is 1. The molecule has 1 heterocycles. The van der Waals surface area contributed by atoms with E-state index in [-0.39, 0.29) is 0 Å². The van der Waals surface area contributed by atoms with Crippen LogP contribution in [0.1, 0.15) is 66.6 Å². The largest absolute Gasteiger partial charge is 0.444 e. The molecule has 0 aliphatic carbocycles. The van der Waals surface area contributed by atoms with Gasteiger partial charge in [-0.05, 0) is 48.0 Å². The monoisotopic (exact) mass is 281 g/mol. The highest BCUT2D eigenvalue weighted by molar-refractivity contribution is 5.68. The summed E-state index contributed by atoms with van der Waals surface area (Å²) in [5.74, 6) is 0. The average Bonchev–Trinajstić information content (AvgIpc) is 2.73. The Morgan fingerprint density at radius 2 is 2.00 bits per heavy atom. The molecule has 5 nitrogen and oxygen atoms in total. The summed E-state index contributed by atoms with van der Waals surface area (Å²) in [5.41, 5.74) is -0.0722. The van der Waals surface area contributed by atoms with Crippen LogP contribution in [0.4, 0.5) is 4.79 Å². The summed E-state index contributed by atoms with van der Waals surface area (Å²) in [6.07, 6.45) is 4.19. The molecule has 0 aromatic carbocycles. The minimum atomic E-state index is -0.539. The van der Waals surface area contributed by atoms with Crippen LogP contribution in [0.15, 0.2) is 12.5 Å². The quantitative estimate of drug-likeness (QED) is 0.917. The molecule has 1 atom stereocenters. The molecule has 0 radical (unpaired) electrons. The van der Waals surface area contributed by atoms with Gasteiger partial charge in [0.05, 0.1) is 23.8 Å². The Morgan fingerprint density at radius 1 is 1.40 bits per heavy atom. The maximum atomic E-state index is 12.0. The number of nitrogens with one attached hydrogen (secondary N) is 1. The van der Waals surface area contributed by atoms with Crippen molar-refractivity contribution in [3.8, 4) is 0 Å². The first-order chi connectivity index (χ1) is 9.07. The number of rotatable bonds is 4. The molecule has 5 heteroatoms. The smallest absolute Gasteiger partial charge is 0.408 e. The van der Waals surface area contributed by atoms with E-state index in [2.05, 4.69) is 28.7 Å². The summed E-state index contributed by atoms with van der Waals surface area (Å²) in [7, 11) is 0. The third-order valence-corrected chi connectivity index (χ3v) is 3.19. The van der Waals surface area contributed by atoms with Gasteiger partial charge in [-0.1, -0.05) is 6.92 Å². The normalized spacial score (nSPS) is 13.9. The number of nitrogens with zero attached hydrogens (tertiary/aromatic N) is 2. The van der Waals surface area contributed by atoms with Crippen LogP contribution in [0.2, 0.25) is 0 Å². The van der Waals surface area contributed by atoms with Crippen LogP contribution in [0, 0.1) is 0 Å². The maximum absolute atomic E-state index is 12.0. The Morgan fingerprint density at radius 3 is 2.50 bits per heavy atom. The molecule has 1 aromatic rings. The zero-order chi connectivity index (χ0) is 15.6. The first-order valence-electron chi connectivity index (χ1n) is 7.10. The number of aromatic nitrogens is 2. The first kappa shape index (κ1) is 16.5. The van der Waals surface area contributed by atoms with Crippen LogP contribution in [0.5, 0.6) is 0 Å². The van der Waals surface area contributed by atoms with Crippen molar-refractivity contribution in [3.05, 3.63) is 18.2 Å². The topological polar surface area (TPSA) is 56.2 Å². The van der Waals surface area contributed by atoms with E-state index in [9.17, 15) is 4.79 Å². The number of amides is 1. The van der Waals surface area contributed by atoms with E-state index in [1.54, 1.807) is 6.20 Å². The number of imidazole rings is 1. The van der Waals surface area contributed by atoms with Gasteiger partial charge in [0.25, 0.3) is 0 Å². The van der Waals surface area contributed by atoms with Crippen LogP contribution in [0.25, 0.3) is 0 Å². The molecule has 1 aromatic heterocycles. The lowest BCUT2D eigenvalue weighted by molar-refractivity contribution is 0.0466. The van der Waals surface area contributed by atoms with Crippen molar-refractivity contribution in [2.75, 3.05) is 0 Å². The Hall–Kier alpha value is -1.52. The van der Waals surface area contributed by atoms with Crippen molar-refractivity contribution in [2.24, 2.45) is 0 Å². The Labute approximate surface area is 121 Å².